The van der Waals surface area contributed by atoms with Crippen molar-refractivity contribution in [2.24, 2.45) is 10.9 Å². The number of amidine groups is 1. The van der Waals surface area contributed by atoms with E-state index < -0.39 is 11.6 Å². The molecule has 0 spiro atoms. The van der Waals surface area contributed by atoms with Crippen LogP contribution in [0.2, 0.25) is 0 Å². The van der Waals surface area contributed by atoms with Gasteiger partial charge in [-0.1, -0.05) is 30.8 Å². The van der Waals surface area contributed by atoms with Gasteiger partial charge in [-0.15, -0.1) is 0 Å². The molecular formula is C14H25N3O3. The summed E-state index contributed by atoms with van der Waals surface area (Å²) in [4.78, 5) is 12.4. The summed E-state index contributed by atoms with van der Waals surface area (Å²) < 4.78 is 5.60. The van der Waals surface area contributed by atoms with E-state index in [1.54, 1.807) is 0 Å². The van der Waals surface area contributed by atoms with Gasteiger partial charge in [0.15, 0.2) is 5.84 Å². The Morgan fingerprint density at radius 3 is 2.45 bits per heavy atom. The van der Waals surface area contributed by atoms with Gasteiger partial charge >= 0.3 is 0 Å². The molecular weight excluding hydrogens is 258 g/mol. The lowest BCUT2D eigenvalue weighted by molar-refractivity contribution is -0.133. The fourth-order valence-corrected chi connectivity index (χ4v) is 3.18. The maximum Gasteiger partial charge on any atom is 0.249 e. The molecule has 6 nitrogen and oxygen atoms in total. The number of oxime groups is 1. The first-order valence-corrected chi connectivity index (χ1v) is 7.53. The van der Waals surface area contributed by atoms with Crippen LogP contribution >= 0.6 is 0 Å². The molecule has 2 unspecified atom stereocenters. The van der Waals surface area contributed by atoms with Crippen molar-refractivity contribution in [3.05, 3.63) is 0 Å². The molecule has 1 saturated carbocycles. The van der Waals surface area contributed by atoms with Crippen LogP contribution in [-0.4, -0.2) is 34.7 Å². The second-order valence-electron chi connectivity index (χ2n) is 5.98. The zero-order valence-corrected chi connectivity index (χ0v) is 12.1. The number of rotatable bonds is 3. The highest BCUT2D eigenvalue weighted by molar-refractivity contribution is 5.95. The van der Waals surface area contributed by atoms with Crippen LogP contribution in [0.4, 0.5) is 0 Å². The second-order valence-corrected chi connectivity index (χ2v) is 5.98. The molecule has 2 atom stereocenters. The smallest absolute Gasteiger partial charge is 0.249 e. The normalized spacial score (nSPS) is 30.8. The lowest BCUT2D eigenvalue weighted by Gasteiger charge is -2.33. The van der Waals surface area contributed by atoms with Gasteiger partial charge in [0.05, 0.1) is 6.10 Å². The molecule has 114 valence electrons. The van der Waals surface area contributed by atoms with Crippen molar-refractivity contribution >= 4 is 11.7 Å². The minimum atomic E-state index is -0.711. The van der Waals surface area contributed by atoms with E-state index in [1.807, 2.05) is 6.92 Å². The molecule has 2 aliphatic rings. The molecule has 0 aromatic rings. The van der Waals surface area contributed by atoms with E-state index in [-0.39, 0.29) is 17.8 Å². The van der Waals surface area contributed by atoms with Crippen molar-refractivity contribution in [3.63, 3.8) is 0 Å². The van der Waals surface area contributed by atoms with Crippen molar-refractivity contribution in [2.45, 2.75) is 76.0 Å². The summed E-state index contributed by atoms with van der Waals surface area (Å²) in [6.45, 7) is 1.97. The van der Waals surface area contributed by atoms with E-state index in [0.29, 0.717) is 0 Å². The predicted molar refractivity (Wildman–Crippen MR) is 75.6 cm³/mol. The number of hydrogen-bond donors (Lipinski definition) is 3. The third kappa shape index (κ3) is 3.23. The maximum atomic E-state index is 12.4. The summed E-state index contributed by atoms with van der Waals surface area (Å²) in [7, 11) is 0. The molecule has 0 bridgehead atoms. The molecule has 4 N–H and O–H groups in total. The number of carbonyl (C=O) groups is 1. The molecule has 2 fully saturated rings. The summed E-state index contributed by atoms with van der Waals surface area (Å²) in [5.41, 5.74) is 5.16. The van der Waals surface area contributed by atoms with Crippen molar-refractivity contribution in [1.82, 2.24) is 5.32 Å². The van der Waals surface area contributed by atoms with Crippen LogP contribution in [0.25, 0.3) is 0 Å². The van der Waals surface area contributed by atoms with E-state index >= 15 is 0 Å². The molecule has 20 heavy (non-hydrogen) atoms. The summed E-state index contributed by atoms with van der Waals surface area (Å²) in [6, 6.07) is 0. The van der Waals surface area contributed by atoms with Crippen molar-refractivity contribution < 1.29 is 14.7 Å². The van der Waals surface area contributed by atoms with E-state index in [4.69, 9.17) is 15.7 Å². The Morgan fingerprint density at radius 2 is 1.95 bits per heavy atom. The van der Waals surface area contributed by atoms with Crippen LogP contribution in [0.5, 0.6) is 0 Å². The van der Waals surface area contributed by atoms with Gasteiger partial charge in [-0.2, -0.15) is 0 Å². The SMILES string of the molecule is CC1CCC(C(=O)NC2(C(N)=NO)CCCCCC2)O1. The first kappa shape index (κ1) is 15.1. The van der Waals surface area contributed by atoms with Crippen LogP contribution in [0.3, 0.4) is 0 Å². The Labute approximate surface area is 119 Å². The first-order chi connectivity index (χ1) is 9.57. The molecule has 1 aliphatic heterocycles. The molecule has 0 aromatic carbocycles. The maximum absolute atomic E-state index is 12.4. The molecule has 1 saturated heterocycles. The van der Waals surface area contributed by atoms with Crippen LogP contribution in [0, 0.1) is 0 Å². The summed E-state index contributed by atoms with van der Waals surface area (Å²) in [5, 5.41) is 15.2. The van der Waals surface area contributed by atoms with Gasteiger partial charge in [-0.3, -0.25) is 4.79 Å². The van der Waals surface area contributed by atoms with Gasteiger partial charge in [0, 0.05) is 0 Å². The Hall–Kier alpha value is -1.30. The third-order valence-corrected chi connectivity index (χ3v) is 4.44. The summed E-state index contributed by atoms with van der Waals surface area (Å²) in [6.07, 6.45) is 6.97. The van der Waals surface area contributed by atoms with Crippen LogP contribution in [0.15, 0.2) is 5.16 Å². The number of ether oxygens (including phenoxy) is 1. The highest BCUT2D eigenvalue weighted by atomic mass is 16.5. The molecule has 1 amide bonds. The van der Waals surface area contributed by atoms with Gasteiger partial charge < -0.3 is 21.0 Å². The van der Waals surface area contributed by atoms with Gasteiger partial charge in [0.1, 0.15) is 11.6 Å². The molecule has 6 heteroatoms. The minimum Gasteiger partial charge on any atom is -0.409 e. The number of nitrogens with two attached hydrogens (primary N) is 1. The first-order valence-electron chi connectivity index (χ1n) is 7.53. The second kappa shape index (κ2) is 6.43. The van der Waals surface area contributed by atoms with Crippen LogP contribution < -0.4 is 11.1 Å². The monoisotopic (exact) mass is 283 g/mol. The van der Waals surface area contributed by atoms with Gasteiger partial charge in [-0.25, -0.2) is 0 Å². The van der Waals surface area contributed by atoms with Crippen LogP contribution in [-0.2, 0) is 9.53 Å². The van der Waals surface area contributed by atoms with Gasteiger partial charge in [-0.05, 0) is 32.6 Å². The number of nitrogens with one attached hydrogen (secondary N) is 1. The summed E-state index contributed by atoms with van der Waals surface area (Å²) >= 11 is 0. The number of hydrogen-bond acceptors (Lipinski definition) is 4. The van der Waals surface area contributed by atoms with E-state index in [1.165, 1.54) is 0 Å². The Balaban J connectivity index is 2.09. The quantitative estimate of drug-likeness (QED) is 0.240. The highest BCUT2D eigenvalue weighted by Crippen LogP contribution is 2.28. The van der Waals surface area contributed by atoms with E-state index in [0.717, 1.165) is 51.4 Å². The third-order valence-electron chi connectivity index (χ3n) is 4.44. The fraction of sp³-hybridized carbons (Fsp3) is 0.857. The predicted octanol–water partition coefficient (Wildman–Crippen LogP) is 1.51. The number of amides is 1. The average molecular weight is 283 g/mol. The highest BCUT2D eigenvalue weighted by Gasteiger charge is 2.40. The molecule has 0 radical (unpaired) electrons. The Morgan fingerprint density at radius 1 is 1.30 bits per heavy atom. The van der Waals surface area contributed by atoms with Crippen molar-refractivity contribution in [1.29, 1.82) is 0 Å². The van der Waals surface area contributed by atoms with E-state index in [9.17, 15) is 4.79 Å². The molecule has 2 rings (SSSR count). The van der Waals surface area contributed by atoms with Crippen LogP contribution in [0.1, 0.15) is 58.3 Å². The topological polar surface area (TPSA) is 96.9 Å². The lowest BCUT2D eigenvalue weighted by Crippen LogP contribution is -2.59. The summed E-state index contributed by atoms with van der Waals surface area (Å²) in [5.74, 6) is -0.0263. The molecule has 1 heterocycles. The van der Waals surface area contributed by atoms with Crippen molar-refractivity contribution in [3.8, 4) is 0 Å². The number of nitrogens with zero attached hydrogens (tertiary/aromatic N) is 1. The largest absolute Gasteiger partial charge is 0.409 e. The van der Waals surface area contributed by atoms with Crippen molar-refractivity contribution in [2.75, 3.05) is 0 Å². The standard InChI is InChI=1S/C14H25N3O3/c1-10-6-7-11(20-10)12(18)16-14(13(15)17-19)8-4-2-3-5-9-14/h10-11,19H,2-9H2,1H3,(H2,15,17)(H,16,18). The number of carbonyl (C=O) groups excluding carboxylic acids is 1. The zero-order chi connectivity index (χ0) is 14.6. The average Bonchev–Trinajstić information content (AvgIpc) is 2.74. The van der Waals surface area contributed by atoms with Gasteiger partial charge in [0.25, 0.3) is 0 Å². The zero-order valence-electron chi connectivity index (χ0n) is 12.1. The Bertz CT molecular complexity index is 376. The van der Waals surface area contributed by atoms with Gasteiger partial charge in [0.2, 0.25) is 5.91 Å². The minimum absolute atomic E-state index is 0.110. The molecule has 0 aromatic heterocycles. The molecule has 1 aliphatic carbocycles. The van der Waals surface area contributed by atoms with E-state index in [2.05, 4.69) is 10.5 Å². The fourth-order valence-electron chi connectivity index (χ4n) is 3.18. The lowest BCUT2D eigenvalue weighted by atomic mass is 9.88. The Kier molecular flexibility index (Phi) is 4.86.